The van der Waals surface area contributed by atoms with Gasteiger partial charge in [-0.1, -0.05) is 42.1 Å². The van der Waals surface area contributed by atoms with E-state index in [-0.39, 0.29) is 16.8 Å². The summed E-state index contributed by atoms with van der Waals surface area (Å²) >= 11 is 0.874. The number of hydrogen-bond acceptors (Lipinski definition) is 5. The number of alkyl halides is 3. The van der Waals surface area contributed by atoms with Gasteiger partial charge >= 0.3 is 6.18 Å². The maximum Gasteiger partial charge on any atom is 0.433 e. The number of amides is 1. The lowest BCUT2D eigenvalue weighted by Crippen LogP contribution is -2.33. The fourth-order valence-corrected chi connectivity index (χ4v) is 2.82. The Morgan fingerprint density at radius 2 is 1.96 bits per heavy atom. The molecule has 1 amide bonds. The van der Waals surface area contributed by atoms with Gasteiger partial charge in [0.15, 0.2) is 5.16 Å². The van der Waals surface area contributed by atoms with E-state index in [2.05, 4.69) is 15.3 Å². The number of rotatable bonds is 7. The highest BCUT2D eigenvalue weighted by Gasteiger charge is 2.34. The lowest BCUT2D eigenvalue weighted by molar-refractivity contribution is -0.141. The summed E-state index contributed by atoms with van der Waals surface area (Å²) in [5.74, 6) is -0.325. The first-order valence-electron chi connectivity index (χ1n) is 7.76. The number of methoxy groups -OCH3 is 1. The molecule has 1 aromatic heterocycles. The number of ether oxygens (including phenoxy) is 1. The fourth-order valence-electron chi connectivity index (χ4n) is 2.01. The zero-order chi connectivity index (χ0) is 19.2. The van der Waals surface area contributed by atoms with Gasteiger partial charge < -0.3 is 10.1 Å². The quantitative estimate of drug-likeness (QED) is 0.450. The molecule has 0 aliphatic rings. The molecule has 0 aliphatic heterocycles. The molecule has 0 bridgehead atoms. The molecule has 1 atom stereocenters. The largest absolute Gasteiger partial charge is 0.433 e. The minimum atomic E-state index is -4.61. The van der Waals surface area contributed by atoms with Crippen molar-refractivity contribution in [3.8, 4) is 11.3 Å². The van der Waals surface area contributed by atoms with Crippen LogP contribution in [0.2, 0.25) is 0 Å². The second kappa shape index (κ2) is 9.00. The first kappa shape index (κ1) is 20.2. The van der Waals surface area contributed by atoms with Gasteiger partial charge in [-0.3, -0.25) is 4.79 Å². The van der Waals surface area contributed by atoms with Crippen molar-refractivity contribution >= 4 is 17.7 Å². The maximum absolute atomic E-state index is 13.2. The van der Waals surface area contributed by atoms with Crippen LogP contribution in [-0.2, 0) is 15.7 Å². The molecule has 5 nitrogen and oxygen atoms in total. The number of nitrogens with one attached hydrogen (secondary N) is 1. The first-order chi connectivity index (χ1) is 12.3. The molecule has 0 aliphatic carbocycles. The third-order valence-electron chi connectivity index (χ3n) is 3.32. The van der Waals surface area contributed by atoms with Crippen LogP contribution in [0, 0.1) is 0 Å². The van der Waals surface area contributed by atoms with Gasteiger partial charge in [0.1, 0.15) is 5.69 Å². The molecule has 0 saturated carbocycles. The van der Waals surface area contributed by atoms with Crippen molar-refractivity contribution in [2.45, 2.75) is 23.5 Å². The van der Waals surface area contributed by atoms with E-state index in [0.29, 0.717) is 18.7 Å². The smallest absolute Gasteiger partial charge is 0.383 e. The van der Waals surface area contributed by atoms with E-state index in [1.807, 2.05) is 0 Å². The third kappa shape index (κ3) is 5.70. The Morgan fingerprint density at radius 1 is 1.27 bits per heavy atom. The number of carbonyl (C=O) groups excluding carboxylic acids is 1. The molecule has 1 N–H and O–H groups in total. The van der Waals surface area contributed by atoms with E-state index >= 15 is 0 Å². The van der Waals surface area contributed by atoms with E-state index < -0.39 is 17.1 Å². The average Bonchev–Trinajstić information content (AvgIpc) is 2.61. The van der Waals surface area contributed by atoms with Crippen LogP contribution >= 0.6 is 11.8 Å². The van der Waals surface area contributed by atoms with Crippen LogP contribution in [0.25, 0.3) is 11.3 Å². The highest BCUT2D eigenvalue weighted by Crippen LogP contribution is 2.32. The summed E-state index contributed by atoms with van der Waals surface area (Å²) in [5, 5.41) is 1.87. The zero-order valence-electron chi connectivity index (χ0n) is 14.2. The molecule has 9 heteroatoms. The van der Waals surface area contributed by atoms with Gasteiger partial charge in [0, 0.05) is 19.2 Å². The van der Waals surface area contributed by atoms with E-state index in [1.165, 1.54) is 7.11 Å². The van der Waals surface area contributed by atoms with Gasteiger partial charge in [-0.05, 0) is 13.0 Å². The Bertz CT molecular complexity index is 742. The van der Waals surface area contributed by atoms with Crippen molar-refractivity contribution in [3.63, 3.8) is 0 Å². The zero-order valence-corrected chi connectivity index (χ0v) is 15.0. The van der Waals surface area contributed by atoms with Crippen LogP contribution in [0.15, 0.2) is 41.6 Å². The lowest BCUT2D eigenvalue weighted by Gasteiger charge is -2.13. The minimum absolute atomic E-state index is 0.104. The van der Waals surface area contributed by atoms with Crippen molar-refractivity contribution in [3.05, 3.63) is 42.1 Å². The van der Waals surface area contributed by atoms with Crippen LogP contribution in [0.4, 0.5) is 13.2 Å². The summed E-state index contributed by atoms with van der Waals surface area (Å²) in [6.07, 6.45) is -4.61. The van der Waals surface area contributed by atoms with Crippen molar-refractivity contribution in [1.29, 1.82) is 0 Å². The summed E-state index contributed by atoms with van der Waals surface area (Å²) in [6.45, 7) is 2.25. The van der Waals surface area contributed by atoms with Crippen LogP contribution in [0.3, 0.4) is 0 Å². The second-order valence-corrected chi connectivity index (χ2v) is 6.64. The average molecular weight is 385 g/mol. The minimum Gasteiger partial charge on any atom is -0.383 e. The first-order valence-corrected chi connectivity index (χ1v) is 8.64. The number of halogens is 3. The Labute approximate surface area is 153 Å². The molecule has 0 fully saturated rings. The Morgan fingerprint density at radius 3 is 2.58 bits per heavy atom. The van der Waals surface area contributed by atoms with Crippen LogP contribution < -0.4 is 5.32 Å². The van der Waals surface area contributed by atoms with Gasteiger partial charge in [-0.2, -0.15) is 13.2 Å². The number of carbonyl (C=O) groups is 1. The van der Waals surface area contributed by atoms with E-state index in [0.717, 1.165) is 17.8 Å². The number of aromatic nitrogens is 2. The Hall–Kier alpha value is -2.13. The molecular formula is C17H18F3N3O2S. The monoisotopic (exact) mass is 385 g/mol. The molecule has 1 heterocycles. The van der Waals surface area contributed by atoms with Gasteiger partial charge in [0.25, 0.3) is 0 Å². The Kier molecular flexibility index (Phi) is 6.98. The molecule has 26 heavy (non-hydrogen) atoms. The van der Waals surface area contributed by atoms with Gasteiger partial charge in [0.2, 0.25) is 5.91 Å². The molecule has 140 valence electrons. The van der Waals surface area contributed by atoms with Crippen molar-refractivity contribution in [1.82, 2.24) is 15.3 Å². The van der Waals surface area contributed by atoms with E-state index in [4.69, 9.17) is 4.74 Å². The maximum atomic E-state index is 13.2. The number of thioether (sulfide) groups is 1. The number of benzene rings is 1. The van der Waals surface area contributed by atoms with Crippen LogP contribution in [0.5, 0.6) is 0 Å². The number of hydrogen-bond donors (Lipinski definition) is 1. The van der Waals surface area contributed by atoms with Gasteiger partial charge in [-0.25, -0.2) is 9.97 Å². The molecule has 2 rings (SSSR count). The summed E-state index contributed by atoms with van der Waals surface area (Å²) in [4.78, 5) is 19.7. The molecular weight excluding hydrogens is 367 g/mol. The standard InChI is InChI=1S/C17H18F3N3O2S/c1-11(15(24)21-8-9-25-2)26-16-22-13(12-6-4-3-5-7-12)10-14(23-16)17(18,19)20/h3-7,10-11H,8-9H2,1-2H3,(H,21,24)/t11-/m1/s1. The highest BCUT2D eigenvalue weighted by atomic mass is 32.2. The normalized spacial score (nSPS) is 12.7. The predicted octanol–water partition coefficient (Wildman–Crippen LogP) is 3.41. The molecule has 2 aromatic rings. The van der Waals surface area contributed by atoms with Gasteiger partial charge in [-0.15, -0.1) is 0 Å². The number of nitrogens with zero attached hydrogens (tertiary/aromatic N) is 2. The molecule has 0 spiro atoms. The fraction of sp³-hybridized carbons (Fsp3) is 0.353. The summed E-state index contributed by atoms with van der Waals surface area (Å²) in [5.41, 5.74) is -0.345. The van der Waals surface area contributed by atoms with Crippen LogP contribution in [-0.4, -0.2) is 41.4 Å². The molecule has 1 aromatic carbocycles. The topological polar surface area (TPSA) is 64.1 Å². The van der Waals surface area contributed by atoms with Crippen molar-refractivity contribution in [2.75, 3.05) is 20.3 Å². The molecule has 0 radical (unpaired) electrons. The predicted molar refractivity (Wildman–Crippen MR) is 92.7 cm³/mol. The Balaban J connectivity index is 2.26. The molecule has 0 unspecified atom stereocenters. The van der Waals surface area contributed by atoms with Gasteiger partial charge in [0.05, 0.1) is 17.6 Å². The highest BCUT2D eigenvalue weighted by molar-refractivity contribution is 8.00. The lowest BCUT2D eigenvalue weighted by atomic mass is 10.1. The van der Waals surface area contributed by atoms with Crippen LogP contribution in [0.1, 0.15) is 12.6 Å². The van der Waals surface area contributed by atoms with E-state index in [9.17, 15) is 18.0 Å². The second-order valence-electron chi connectivity index (χ2n) is 5.33. The molecule has 0 saturated heterocycles. The van der Waals surface area contributed by atoms with Crippen molar-refractivity contribution < 1.29 is 22.7 Å². The summed E-state index contributed by atoms with van der Waals surface area (Å²) in [7, 11) is 1.51. The SMILES string of the molecule is COCCNC(=O)[C@@H](C)Sc1nc(-c2ccccc2)cc(C(F)(F)F)n1. The summed E-state index contributed by atoms with van der Waals surface area (Å²) < 4.78 is 44.4. The van der Waals surface area contributed by atoms with Crippen molar-refractivity contribution in [2.24, 2.45) is 0 Å². The van der Waals surface area contributed by atoms with E-state index in [1.54, 1.807) is 37.3 Å². The summed E-state index contributed by atoms with van der Waals surface area (Å²) in [6, 6.07) is 9.42. The third-order valence-corrected chi connectivity index (χ3v) is 4.28.